The Morgan fingerprint density at radius 1 is 1.03 bits per heavy atom. The van der Waals surface area contributed by atoms with Crippen molar-refractivity contribution < 1.29 is 9.53 Å². The molecule has 0 bridgehead atoms. The molecule has 1 saturated heterocycles. The molecule has 0 unspecified atom stereocenters. The summed E-state index contributed by atoms with van der Waals surface area (Å²) in [6.45, 7) is 4.46. The number of guanidine groups is 1. The molecule has 0 saturated carbocycles. The van der Waals surface area contributed by atoms with E-state index in [0.29, 0.717) is 0 Å². The fraction of sp³-hybridized carbons (Fsp3) is 0.417. The van der Waals surface area contributed by atoms with Crippen LogP contribution in [0.5, 0.6) is 5.75 Å². The predicted molar refractivity (Wildman–Crippen MR) is 126 cm³/mol. The third-order valence-corrected chi connectivity index (χ3v) is 5.42. The summed E-state index contributed by atoms with van der Waals surface area (Å²) < 4.78 is 5.22. The number of likely N-dealkylation sites (N-methyl/N-ethyl adjacent to an activating group) is 1. The average Bonchev–Trinajstić information content (AvgIpc) is 2.82. The Bertz CT molecular complexity index is 844. The number of nitrogens with zero attached hydrogens (tertiary/aromatic N) is 4. The second kappa shape index (κ2) is 11.2. The predicted octanol–water partition coefficient (Wildman–Crippen LogP) is 2.09. The molecular formula is C24H33N5O2. The van der Waals surface area contributed by atoms with Gasteiger partial charge in [-0.1, -0.05) is 30.3 Å². The zero-order valence-corrected chi connectivity index (χ0v) is 18.8. The maximum absolute atomic E-state index is 12.1. The molecule has 1 fully saturated rings. The Morgan fingerprint density at radius 3 is 2.32 bits per heavy atom. The Labute approximate surface area is 185 Å². The summed E-state index contributed by atoms with van der Waals surface area (Å²) in [5, 5.41) is 3.47. The molecule has 1 amide bonds. The molecule has 166 valence electrons. The molecule has 2 aromatic carbocycles. The first-order valence-corrected chi connectivity index (χ1v) is 10.7. The Balaban J connectivity index is 1.59. The minimum absolute atomic E-state index is 0.00243. The zero-order valence-electron chi connectivity index (χ0n) is 18.8. The Hall–Kier alpha value is -3.22. The smallest absolute Gasteiger partial charge is 0.243 e. The molecule has 7 nitrogen and oxygen atoms in total. The van der Waals surface area contributed by atoms with Crippen molar-refractivity contribution >= 4 is 17.6 Å². The number of rotatable bonds is 7. The second-order valence-electron chi connectivity index (χ2n) is 7.76. The van der Waals surface area contributed by atoms with Gasteiger partial charge in [-0.05, 0) is 36.2 Å². The maximum atomic E-state index is 12.1. The van der Waals surface area contributed by atoms with E-state index >= 15 is 0 Å². The molecule has 31 heavy (non-hydrogen) atoms. The van der Waals surface area contributed by atoms with E-state index in [1.165, 1.54) is 11.3 Å². The lowest BCUT2D eigenvalue weighted by molar-refractivity contribution is -0.127. The number of amides is 1. The Morgan fingerprint density at radius 2 is 1.71 bits per heavy atom. The number of anilines is 1. The molecule has 0 radical (unpaired) electrons. The highest BCUT2D eigenvalue weighted by Gasteiger charge is 2.20. The molecule has 1 N–H and O–H groups in total. The summed E-state index contributed by atoms with van der Waals surface area (Å²) in [5.41, 5.74) is 2.47. The van der Waals surface area contributed by atoms with Gasteiger partial charge in [0.25, 0.3) is 0 Å². The SMILES string of the molecule is COc1ccc(CCNC(=NCC(=O)N(C)C)N2CCN(c3ccccc3)CC2)cc1. The fourth-order valence-corrected chi connectivity index (χ4v) is 3.48. The molecule has 1 aliphatic heterocycles. The van der Waals surface area contributed by atoms with E-state index in [4.69, 9.17) is 4.74 Å². The summed E-state index contributed by atoms with van der Waals surface area (Å²) in [5.74, 6) is 1.66. The van der Waals surface area contributed by atoms with Crippen molar-refractivity contribution in [2.24, 2.45) is 4.99 Å². The number of aliphatic imine (C=N–C) groups is 1. The van der Waals surface area contributed by atoms with Gasteiger partial charge in [0.15, 0.2) is 5.96 Å². The first-order valence-electron chi connectivity index (χ1n) is 10.7. The monoisotopic (exact) mass is 423 g/mol. The molecule has 1 aliphatic rings. The van der Waals surface area contributed by atoms with Crippen LogP contribution in [-0.2, 0) is 11.2 Å². The van der Waals surface area contributed by atoms with Crippen molar-refractivity contribution in [2.45, 2.75) is 6.42 Å². The van der Waals surface area contributed by atoms with Crippen LogP contribution < -0.4 is 15.0 Å². The normalized spacial score (nSPS) is 14.4. The van der Waals surface area contributed by atoms with Crippen LogP contribution >= 0.6 is 0 Å². The highest BCUT2D eigenvalue weighted by Crippen LogP contribution is 2.16. The van der Waals surface area contributed by atoms with E-state index in [9.17, 15) is 4.79 Å². The van der Waals surface area contributed by atoms with Crippen LogP contribution in [0.1, 0.15) is 5.56 Å². The van der Waals surface area contributed by atoms with Gasteiger partial charge >= 0.3 is 0 Å². The highest BCUT2D eigenvalue weighted by molar-refractivity contribution is 5.85. The number of hydrogen-bond donors (Lipinski definition) is 1. The van der Waals surface area contributed by atoms with Gasteiger partial charge in [-0.2, -0.15) is 0 Å². The first-order chi connectivity index (χ1) is 15.1. The van der Waals surface area contributed by atoms with Crippen molar-refractivity contribution in [3.63, 3.8) is 0 Å². The van der Waals surface area contributed by atoms with E-state index in [1.54, 1.807) is 26.1 Å². The van der Waals surface area contributed by atoms with Crippen LogP contribution in [-0.4, -0.2) is 82.1 Å². The molecule has 0 spiro atoms. The summed E-state index contributed by atoms with van der Waals surface area (Å²) >= 11 is 0. The number of piperazine rings is 1. The number of hydrogen-bond acceptors (Lipinski definition) is 4. The number of methoxy groups -OCH3 is 1. The van der Waals surface area contributed by atoms with Gasteiger partial charge in [0.05, 0.1) is 7.11 Å². The topological polar surface area (TPSA) is 60.4 Å². The molecule has 2 aromatic rings. The number of benzene rings is 2. The van der Waals surface area contributed by atoms with E-state index in [1.807, 2.05) is 18.2 Å². The summed E-state index contributed by atoms with van der Waals surface area (Å²) in [7, 11) is 5.19. The number of carbonyl (C=O) groups excluding carboxylic acids is 1. The molecular weight excluding hydrogens is 390 g/mol. The lowest BCUT2D eigenvalue weighted by atomic mass is 10.1. The van der Waals surface area contributed by atoms with Crippen LogP contribution in [0.15, 0.2) is 59.6 Å². The van der Waals surface area contributed by atoms with Gasteiger partial charge in [0.1, 0.15) is 12.3 Å². The van der Waals surface area contributed by atoms with E-state index < -0.39 is 0 Å². The van der Waals surface area contributed by atoms with Crippen LogP contribution in [0, 0.1) is 0 Å². The number of carbonyl (C=O) groups is 1. The van der Waals surface area contributed by atoms with Crippen molar-refractivity contribution in [1.82, 2.24) is 15.1 Å². The zero-order chi connectivity index (χ0) is 22.1. The van der Waals surface area contributed by atoms with E-state index in [-0.39, 0.29) is 12.5 Å². The third kappa shape index (κ3) is 6.64. The summed E-state index contributed by atoms with van der Waals surface area (Å²) in [6, 6.07) is 18.6. The lowest BCUT2D eigenvalue weighted by Crippen LogP contribution is -2.53. The van der Waals surface area contributed by atoms with Gasteiger partial charge in [-0.3, -0.25) is 4.79 Å². The van der Waals surface area contributed by atoms with Gasteiger partial charge < -0.3 is 24.8 Å². The quantitative estimate of drug-likeness (QED) is 0.546. The molecule has 0 atom stereocenters. The van der Waals surface area contributed by atoms with Crippen molar-refractivity contribution in [3.05, 3.63) is 60.2 Å². The van der Waals surface area contributed by atoms with E-state index in [2.05, 4.69) is 56.5 Å². The average molecular weight is 424 g/mol. The highest BCUT2D eigenvalue weighted by atomic mass is 16.5. The largest absolute Gasteiger partial charge is 0.497 e. The van der Waals surface area contributed by atoms with Crippen LogP contribution in [0.3, 0.4) is 0 Å². The van der Waals surface area contributed by atoms with Crippen LogP contribution in [0.25, 0.3) is 0 Å². The first kappa shape index (κ1) is 22.5. The third-order valence-electron chi connectivity index (χ3n) is 5.42. The molecule has 3 rings (SSSR count). The van der Waals surface area contributed by atoms with Gasteiger partial charge in [0.2, 0.25) is 5.91 Å². The van der Waals surface area contributed by atoms with Gasteiger partial charge in [-0.15, -0.1) is 0 Å². The van der Waals surface area contributed by atoms with Crippen molar-refractivity contribution in [1.29, 1.82) is 0 Å². The second-order valence-corrected chi connectivity index (χ2v) is 7.76. The van der Waals surface area contributed by atoms with Crippen molar-refractivity contribution in [2.75, 3.05) is 65.4 Å². The summed E-state index contributed by atoms with van der Waals surface area (Å²) in [4.78, 5) is 22.9. The minimum Gasteiger partial charge on any atom is -0.497 e. The van der Waals surface area contributed by atoms with E-state index in [0.717, 1.165) is 50.9 Å². The number of para-hydroxylation sites is 1. The summed E-state index contributed by atoms with van der Waals surface area (Å²) in [6.07, 6.45) is 0.870. The molecule has 7 heteroatoms. The minimum atomic E-state index is -0.00243. The molecule has 0 aliphatic carbocycles. The standard InChI is InChI=1S/C24H33N5O2/c1-27(2)23(30)19-26-24(25-14-13-20-9-11-22(31-3)12-10-20)29-17-15-28(16-18-29)21-7-5-4-6-8-21/h4-12H,13-19H2,1-3H3,(H,25,26). The van der Waals surface area contributed by atoms with Crippen molar-refractivity contribution in [3.8, 4) is 5.75 Å². The van der Waals surface area contributed by atoms with Crippen LogP contribution in [0.4, 0.5) is 5.69 Å². The molecule has 1 heterocycles. The van der Waals surface area contributed by atoms with Gasteiger partial charge in [0, 0.05) is 52.5 Å². The maximum Gasteiger partial charge on any atom is 0.243 e. The van der Waals surface area contributed by atoms with Crippen LogP contribution in [0.2, 0.25) is 0 Å². The van der Waals surface area contributed by atoms with Gasteiger partial charge in [-0.25, -0.2) is 4.99 Å². The fourth-order valence-electron chi connectivity index (χ4n) is 3.48. The number of nitrogens with one attached hydrogen (secondary N) is 1. The number of ether oxygens (including phenoxy) is 1. The lowest BCUT2D eigenvalue weighted by Gasteiger charge is -2.37. The Kier molecular flexibility index (Phi) is 8.15. The molecule has 0 aromatic heterocycles.